The van der Waals surface area contributed by atoms with E-state index in [1.165, 1.54) is 0 Å². The van der Waals surface area contributed by atoms with Crippen LogP contribution in [0.3, 0.4) is 0 Å². The third kappa shape index (κ3) is 4.68. The van der Waals surface area contributed by atoms with Crippen molar-refractivity contribution in [2.24, 2.45) is 4.99 Å². The molecule has 1 aliphatic rings. The highest BCUT2D eigenvalue weighted by Crippen LogP contribution is 2.25. The van der Waals surface area contributed by atoms with Gasteiger partial charge in [-0.1, -0.05) is 12.1 Å². The van der Waals surface area contributed by atoms with E-state index in [-0.39, 0.29) is 11.4 Å². The molecule has 1 heterocycles. The Morgan fingerprint density at radius 3 is 2.58 bits per heavy atom. The highest BCUT2D eigenvalue weighted by molar-refractivity contribution is 5.79. The molecule has 0 bridgehead atoms. The molecule has 0 unspecified atom stereocenters. The fourth-order valence-electron chi connectivity index (χ4n) is 2.93. The van der Waals surface area contributed by atoms with Gasteiger partial charge in [0, 0.05) is 38.9 Å². The summed E-state index contributed by atoms with van der Waals surface area (Å²) in [6.07, 6.45) is 1.99. The number of likely N-dealkylation sites (N-methyl/N-ethyl adjacent to an activating group) is 1. The maximum absolute atomic E-state index is 13.6. The van der Waals surface area contributed by atoms with Crippen LogP contribution in [-0.4, -0.2) is 57.3 Å². The van der Waals surface area contributed by atoms with Crippen molar-refractivity contribution in [2.75, 3.05) is 40.9 Å². The number of hydrogen-bond donors (Lipinski definition) is 2. The first kappa shape index (κ1) is 18.7. The van der Waals surface area contributed by atoms with E-state index in [9.17, 15) is 4.39 Å². The predicted octanol–water partition coefficient (Wildman–Crippen LogP) is 1.91. The molecule has 1 fully saturated rings. The highest BCUT2D eigenvalue weighted by Gasteiger charge is 2.34. The predicted molar refractivity (Wildman–Crippen MR) is 95.8 cm³/mol. The number of nitrogens with zero attached hydrogens (tertiary/aromatic N) is 2. The summed E-state index contributed by atoms with van der Waals surface area (Å²) in [6.45, 7) is 4.67. The van der Waals surface area contributed by atoms with Crippen molar-refractivity contribution in [3.05, 3.63) is 35.1 Å². The van der Waals surface area contributed by atoms with Crippen LogP contribution in [0.2, 0.25) is 0 Å². The number of aryl methyl sites for hydroxylation is 1. The van der Waals surface area contributed by atoms with Crippen LogP contribution >= 0.6 is 0 Å². The number of halogens is 1. The quantitative estimate of drug-likeness (QED) is 0.637. The number of ether oxygens (including phenoxy) is 1. The lowest BCUT2D eigenvalue weighted by atomic mass is 9.88. The van der Waals surface area contributed by atoms with Gasteiger partial charge in [-0.15, -0.1) is 0 Å². The SMILES string of the molecule is CN=C(NCc1ccc(C)c(F)c1)NCC1(N(C)C)CCOCC1. The molecule has 1 aliphatic heterocycles. The summed E-state index contributed by atoms with van der Waals surface area (Å²) >= 11 is 0. The maximum Gasteiger partial charge on any atom is 0.191 e. The molecule has 0 aromatic heterocycles. The number of guanidine groups is 1. The minimum atomic E-state index is -0.175. The van der Waals surface area contributed by atoms with Gasteiger partial charge in [0.2, 0.25) is 0 Å². The van der Waals surface area contributed by atoms with Crippen LogP contribution in [0, 0.1) is 12.7 Å². The molecule has 134 valence electrons. The van der Waals surface area contributed by atoms with Crippen LogP contribution in [0.15, 0.2) is 23.2 Å². The van der Waals surface area contributed by atoms with Gasteiger partial charge in [-0.05, 0) is 51.1 Å². The second kappa shape index (κ2) is 8.44. The molecule has 1 aromatic rings. The van der Waals surface area contributed by atoms with E-state index in [1.54, 1.807) is 26.1 Å². The zero-order valence-electron chi connectivity index (χ0n) is 15.2. The van der Waals surface area contributed by atoms with E-state index in [0.29, 0.717) is 12.1 Å². The van der Waals surface area contributed by atoms with Gasteiger partial charge >= 0.3 is 0 Å². The highest BCUT2D eigenvalue weighted by atomic mass is 19.1. The lowest BCUT2D eigenvalue weighted by Gasteiger charge is -2.43. The summed E-state index contributed by atoms with van der Waals surface area (Å²) in [4.78, 5) is 6.54. The smallest absolute Gasteiger partial charge is 0.191 e. The van der Waals surface area contributed by atoms with E-state index in [4.69, 9.17) is 4.74 Å². The Morgan fingerprint density at radius 2 is 2.00 bits per heavy atom. The number of aliphatic imine (C=N–C) groups is 1. The molecule has 0 amide bonds. The van der Waals surface area contributed by atoms with Crippen molar-refractivity contribution in [2.45, 2.75) is 31.8 Å². The largest absolute Gasteiger partial charge is 0.381 e. The first-order chi connectivity index (χ1) is 11.5. The van der Waals surface area contributed by atoms with Crippen molar-refractivity contribution in [3.8, 4) is 0 Å². The third-order valence-electron chi connectivity index (χ3n) is 4.88. The summed E-state index contributed by atoms with van der Waals surface area (Å²) in [5.74, 6) is 0.551. The van der Waals surface area contributed by atoms with E-state index in [0.717, 1.165) is 44.1 Å². The molecule has 6 heteroatoms. The van der Waals surface area contributed by atoms with Crippen LogP contribution in [-0.2, 0) is 11.3 Å². The van der Waals surface area contributed by atoms with E-state index < -0.39 is 0 Å². The lowest BCUT2D eigenvalue weighted by molar-refractivity contribution is -0.00501. The monoisotopic (exact) mass is 336 g/mol. The minimum absolute atomic E-state index is 0.0752. The molecule has 0 saturated carbocycles. The summed E-state index contributed by atoms with van der Waals surface area (Å²) < 4.78 is 19.1. The van der Waals surface area contributed by atoms with E-state index in [1.807, 2.05) is 6.07 Å². The first-order valence-corrected chi connectivity index (χ1v) is 8.41. The molecule has 0 aliphatic carbocycles. The second-order valence-corrected chi connectivity index (χ2v) is 6.59. The van der Waals surface area contributed by atoms with Crippen molar-refractivity contribution in [1.82, 2.24) is 15.5 Å². The van der Waals surface area contributed by atoms with Gasteiger partial charge in [-0.25, -0.2) is 4.39 Å². The molecular formula is C18H29FN4O. The minimum Gasteiger partial charge on any atom is -0.381 e. The molecule has 2 N–H and O–H groups in total. The van der Waals surface area contributed by atoms with Gasteiger partial charge in [-0.3, -0.25) is 4.99 Å². The fourth-order valence-corrected chi connectivity index (χ4v) is 2.93. The summed E-state index contributed by atoms with van der Waals surface area (Å²) in [5.41, 5.74) is 1.63. The Bertz CT molecular complexity index is 568. The summed E-state index contributed by atoms with van der Waals surface area (Å²) in [7, 11) is 5.97. The Kier molecular flexibility index (Phi) is 6.57. The molecule has 2 rings (SSSR count). The average Bonchev–Trinajstić information content (AvgIpc) is 2.58. The number of hydrogen-bond acceptors (Lipinski definition) is 3. The van der Waals surface area contributed by atoms with Crippen molar-refractivity contribution >= 4 is 5.96 Å². The topological polar surface area (TPSA) is 48.9 Å². The van der Waals surface area contributed by atoms with Crippen molar-refractivity contribution in [1.29, 1.82) is 0 Å². The van der Waals surface area contributed by atoms with Gasteiger partial charge in [0.15, 0.2) is 5.96 Å². The Balaban J connectivity index is 1.90. The van der Waals surface area contributed by atoms with Gasteiger partial charge in [0.05, 0.1) is 0 Å². The van der Waals surface area contributed by atoms with E-state index in [2.05, 4.69) is 34.6 Å². The first-order valence-electron chi connectivity index (χ1n) is 8.41. The van der Waals surface area contributed by atoms with Crippen molar-refractivity contribution < 1.29 is 9.13 Å². The van der Waals surface area contributed by atoms with Gasteiger partial charge in [0.25, 0.3) is 0 Å². The average molecular weight is 336 g/mol. The summed E-state index contributed by atoms with van der Waals surface area (Å²) in [6, 6.07) is 5.29. The number of benzene rings is 1. The Morgan fingerprint density at radius 1 is 1.29 bits per heavy atom. The number of nitrogens with one attached hydrogen (secondary N) is 2. The van der Waals surface area contributed by atoms with Crippen LogP contribution in [0.25, 0.3) is 0 Å². The molecule has 0 radical (unpaired) electrons. The molecule has 1 saturated heterocycles. The van der Waals surface area contributed by atoms with E-state index >= 15 is 0 Å². The zero-order valence-corrected chi connectivity index (χ0v) is 15.2. The number of rotatable bonds is 5. The third-order valence-corrected chi connectivity index (χ3v) is 4.88. The zero-order chi connectivity index (χ0) is 17.6. The molecule has 5 nitrogen and oxygen atoms in total. The van der Waals surface area contributed by atoms with Crippen LogP contribution in [0.1, 0.15) is 24.0 Å². The van der Waals surface area contributed by atoms with Gasteiger partial charge in [-0.2, -0.15) is 0 Å². The standard InChI is InChI=1S/C18H29FN4O/c1-14-5-6-15(11-16(14)19)12-21-17(20-2)22-13-18(23(3)4)7-9-24-10-8-18/h5-6,11H,7-10,12-13H2,1-4H3,(H2,20,21,22). The Labute approximate surface area is 144 Å². The molecule has 0 spiro atoms. The Hall–Kier alpha value is -1.66. The molecule has 24 heavy (non-hydrogen) atoms. The maximum atomic E-state index is 13.6. The summed E-state index contributed by atoms with van der Waals surface area (Å²) in [5, 5.41) is 6.66. The normalized spacial score (nSPS) is 17.8. The fraction of sp³-hybridized carbons (Fsp3) is 0.611. The van der Waals surface area contributed by atoms with Crippen LogP contribution in [0.4, 0.5) is 4.39 Å². The molecular weight excluding hydrogens is 307 g/mol. The lowest BCUT2D eigenvalue weighted by Crippen LogP contribution is -2.57. The van der Waals surface area contributed by atoms with Gasteiger partial charge in [0.1, 0.15) is 5.82 Å². The van der Waals surface area contributed by atoms with Crippen LogP contribution in [0.5, 0.6) is 0 Å². The second-order valence-electron chi connectivity index (χ2n) is 6.59. The molecule has 1 aromatic carbocycles. The molecule has 0 atom stereocenters. The van der Waals surface area contributed by atoms with Crippen LogP contribution < -0.4 is 10.6 Å². The van der Waals surface area contributed by atoms with Crippen molar-refractivity contribution in [3.63, 3.8) is 0 Å². The van der Waals surface area contributed by atoms with Gasteiger partial charge < -0.3 is 20.3 Å².